The molecule has 104 valence electrons. The van der Waals surface area contributed by atoms with E-state index < -0.39 is 6.09 Å². The number of hydrogen-bond donors (Lipinski definition) is 2. The Morgan fingerprint density at radius 3 is 2.32 bits per heavy atom. The molecule has 0 aliphatic heterocycles. The molecule has 0 radical (unpaired) electrons. The summed E-state index contributed by atoms with van der Waals surface area (Å²) in [6, 6.07) is 5.32. The molecule has 1 aromatic rings. The lowest BCUT2D eigenvalue weighted by Gasteiger charge is -2.14. The van der Waals surface area contributed by atoms with E-state index in [2.05, 4.69) is 10.6 Å². The Kier molecular flexibility index (Phi) is 5.36. The minimum absolute atomic E-state index is 0.0648. The zero-order valence-corrected chi connectivity index (χ0v) is 11.7. The molecule has 0 aliphatic rings. The molecule has 0 aliphatic carbocycles. The van der Waals surface area contributed by atoms with Crippen molar-refractivity contribution in [3.05, 3.63) is 23.8 Å². The SMILES string of the molecule is CCC(=O)Nc1cccc(NC(=O)OC(C)C)c1C. The summed E-state index contributed by atoms with van der Waals surface area (Å²) in [4.78, 5) is 22.9. The molecular formula is C14H20N2O3. The number of ether oxygens (including phenoxy) is 1. The molecule has 1 aromatic carbocycles. The third kappa shape index (κ3) is 4.62. The maximum atomic E-state index is 11.5. The van der Waals surface area contributed by atoms with Crippen molar-refractivity contribution in [2.45, 2.75) is 40.2 Å². The van der Waals surface area contributed by atoms with Gasteiger partial charge in [-0.15, -0.1) is 0 Å². The van der Waals surface area contributed by atoms with Crippen molar-refractivity contribution >= 4 is 23.4 Å². The van der Waals surface area contributed by atoms with E-state index in [1.165, 1.54) is 0 Å². The highest BCUT2D eigenvalue weighted by molar-refractivity contribution is 5.94. The molecule has 5 nitrogen and oxygen atoms in total. The predicted octanol–water partition coefficient (Wildman–Crippen LogP) is 3.30. The average Bonchev–Trinajstić information content (AvgIpc) is 2.33. The second-order valence-electron chi connectivity index (χ2n) is 4.46. The van der Waals surface area contributed by atoms with Crippen LogP contribution in [0.25, 0.3) is 0 Å². The van der Waals surface area contributed by atoms with E-state index in [9.17, 15) is 9.59 Å². The monoisotopic (exact) mass is 264 g/mol. The van der Waals surface area contributed by atoms with Gasteiger partial charge in [0.1, 0.15) is 0 Å². The number of carbonyl (C=O) groups is 2. The number of carbonyl (C=O) groups excluding carboxylic acids is 2. The van der Waals surface area contributed by atoms with Gasteiger partial charge in [-0.2, -0.15) is 0 Å². The van der Waals surface area contributed by atoms with Gasteiger partial charge in [0.15, 0.2) is 0 Å². The van der Waals surface area contributed by atoms with Crippen LogP contribution in [0.2, 0.25) is 0 Å². The number of anilines is 2. The maximum Gasteiger partial charge on any atom is 0.411 e. The fraction of sp³-hybridized carbons (Fsp3) is 0.429. The smallest absolute Gasteiger partial charge is 0.411 e. The van der Waals surface area contributed by atoms with Crippen molar-refractivity contribution in [1.29, 1.82) is 0 Å². The van der Waals surface area contributed by atoms with Crippen LogP contribution in [0.3, 0.4) is 0 Å². The van der Waals surface area contributed by atoms with Crippen molar-refractivity contribution in [2.24, 2.45) is 0 Å². The standard InChI is InChI=1S/C14H20N2O3/c1-5-13(17)15-11-7-6-8-12(10(11)4)16-14(18)19-9(2)3/h6-9H,5H2,1-4H3,(H,15,17)(H,16,18). The summed E-state index contributed by atoms with van der Waals surface area (Å²) in [6.45, 7) is 7.18. The molecule has 19 heavy (non-hydrogen) atoms. The normalized spacial score (nSPS) is 10.2. The Bertz CT molecular complexity index is 470. The molecule has 0 aromatic heterocycles. The number of nitrogens with one attached hydrogen (secondary N) is 2. The lowest BCUT2D eigenvalue weighted by atomic mass is 10.1. The van der Waals surface area contributed by atoms with Gasteiger partial charge in [-0.3, -0.25) is 10.1 Å². The molecule has 2 N–H and O–H groups in total. The second kappa shape index (κ2) is 6.78. The molecule has 5 heteroatoms. The fourth-order valence-corrected chi connectivity index (χ4v) is 1.50. The molecule has 1 rings (SSSR count). The van der Waals surface area contributed by atoms with Gasteiger partial charge >= 0.3 is 6.09 Å². The number of hydrogen-bond acceptors (Lipinski definition) is 3. The summed E-state index contributed by atoms with van der Waals surface area (Å²) in [7, 11) is 0. The summed E-state index contributed by atoms with van der Waals surface area (Å²) in [5.41, 5.74) is 2.11. The Labute approximate surface area is 113 Å². The van der Waals surface area contributed by atoms with Crippen LogP contribution in [0.1, 0.15) is 32.8 Å². The van der Waals surface area contributed by atoms with Crippen molar-refractivity contribution < 1.29 is 14.3 Å². The Morgan fingerprint density at radius 2 is 1.79 bits per heavy atom. The molecule has 0 heterocycles. The van der Waals surface area contributed by atoms with E-state index in [-0.39, 0.29) is 12.0 Å². The third-order valence-corrected chi connectivity index (χ3v) is 2.51. The molecule has 0 fully saturated rings. The highest BCUT2D eigenvalue weighted by Crippen LogP contribution is 2.23. The summed E-state index contributed by atoms with van der Waals surface area (Å²) in [6.07, 6.45) is -0.271. The van der Waals surface area contributed by atoms with Crippen LogP contribution in [0, 0.1) is 6.92 Å². The lowest BCUT2D eigenvalue weighted by molar-refractivity contribution is -0.115. The van der Waals surface area contributed by atoms with E-state index in [1.54, 1.807) is 39.0 Å². The van der Waals surface area contributed by atoms with Gasteiger partial charge in [0.25, 0.3) is 0 Å². The molecule has 0 bridgehead atoms. The van der Waals surface area contributed by atoms with E-state index in [0.29, 0.717) is 17.8 Å². The predicted molar refractivity (Wildman–Crippen MR) is 75.3 cm³/mol. The summed E-state index contributed by atoms with van der Waals surface area (Å²) in [5, 5.41) is 5.44. The minimum atomic E-state index is -0.503. The minimum Gasteiger partial charge on any atom is -0.447 e. The second-order valence-corrected chi connectivity index (χ2v) is 4.46. The van der Waals surface area contributed by atoms with Crippen LogP contribution in [-0.4, -0.2) is 18.1 Å². The first kappa shape index (κ1) is 15.0. The highest BCUT2D eigenvalue weighted by Gasteiger charge is 2.10. The quantitative estimate of drug-likeness (QED) is 0.876. The lowest BCUT2D eigenvalue weighted by Crippen LogP contribution is -2.19. The first-order valence-corrected chi connectivity index (χ1v) is 6.31. The van der Waals surface area contributed by atoms with Crippen molar-refractivity contribution in [2.75, 3.05) is 10.6 Å². The summed E-state index contributed by atoms with van der Waals surface area (Å²) >= 11 is 0. The number of rotatable bonds is 4. The van der Waals surface area contributed by atoms with Gasteiger partial charge in [-0.1, -0.05) is 13.0 Å². The van der Waals surface area contributed by atoms with Crippen LogP contribution in [-0.2, 0) is 9.53 Å². The molecule has 2 amide bonds. The molecule has 0 saturated heterocycles. The Hall–Kier alpha value is -2.04. The van der Waals surface area contributed by atoms with E-state index >= 15 is 0 Å². The van der Waals surface area contributed by atoms with Crippen molar-refractivity contribution in [1.82, 2.24) is 0 Å². The van der Waals surface area contributed by atoms with Crippen LogP contribution in [0.5, 0.6) is 0 Å². The fourth-order valence-electron chi connectivity index (χ4n) is 1.50. The zero-order valence-electron chi connectivity index (χ0n) is 11.7. The topological polar surface area (TPSA) is 67.4 Å². The number of benzene rings is 1. The van der Waals surface area contributed by atoms with E-state index in [0.717, 1.165) is 5.56 Å². The van der Waals surface area contributed by atoms with Crippen LogP contribution < -0.4 is 10.6 Å². The first-order chi connectivity index (χ1) is 8.93. The van der Waals surface area contributed by atoms with Crippen LogP contribution in [0.4, 0.5) is 16.2 Å². The first-order valence-electron chi connectivity index (χ1n) is 6.31. The molecule has 0 unspecified atom stereocenters. The summed E-state index contributed by atoms with van der Waals surface area (Å²) < 4.78 is 5.01. The summed E-state index contributed by atoms with van der Waals surface area (Å²) in [5.74, 6) is -0.0648. The van der Waals surface area contributed by atoms with Crippen LogP contribution in [0.15, 0.2) is 18.2 Å². The van der Waals surface area contributed by atoms with Gasteiger partial charge in [0.2, 0.25) is 5.91 Å². The van der Waals surface area contributed by atoms with Crippen LogP contribution >= 0.6 is 0 Å². The van der Waals surface area contributed by atoms with Gasteiger partial charge < -0.3 is 10.1 Å². The molecule has 0 saturated carbocycles. The largest absolute Gasteiger partial charge is 0.447 e. The highest BCUT2D eigenvalue weighted by atomic mass is 16.6. The maximum absolute atomic E-state index is 11.5. The molecule has 0 spiro atoms. The average molecular weight is 264 g/mol. The van der Waals surface area contributed by atoms with Gasteiger partial charge in [-0.05, 0) is 38.5 Å². The van der Waals surface area contributed by atoms with E-state index in [4.69, 9.17) is 4.74 Å². The Balaban J connectivity index is 2.82. The van der Waals surface area contributed by atoms with E-state index in [1.807, 2.05) is 6.92 Å². The van der Waals surface area contributed by atoms with Crippen molar-refractivity contribution in [3.63, 3.8) is 0 Å². The molecular weight excluding hydrogens is 244 g/mol. The van der Waals surface area contributed by atoms with Gasteiger partial charge in [-0.25, -0.2) is 4.79 Å². The van der Waals surface area contributed by atoms with Crippen molar-refractivity contribution in [3.8, 4) is 0 Å². The molecule has 0 atom stereocenters. The zero-order chi connectivity index (χ0) is 14.4. The third-order valence-electron chi connectivity index (χ3n) is 2.51. The van der Waals surface area contributed by atoms with Gasteiger partial charge in [0, 0.05) is 17.8 Å². The Morgan fingerprint density at radius 1 is 1.21 bits per heavy atom. The van der Waals surface area contributed by atoms with Gasteiger partial charge in [0.05, 0.1) is 6.10 Å². The number of amides is 2.